The highest BCUT2D eigenvalue weighted by Gasteiger charge is 2.58. The van der Waals surface area contributed by atoms with E-state index in [0.717, 1.165) is 18.4 Å². The molecule has 0 saturated carbocycles. The van der Waals surface area contributed by atoms with Crippen molar-refractivity contribution in [2.24, 2.45) is 17.1 Å². The average molecular weight is 410 g/mol. The van der Waals surface area contributed by atoms with E-state index in [-0.39, 0.29) is 29.3 Å². The van der Waals surface area contributed by atoms with Crippen LogP contribution < -0.4 is 5.73 Å². The Morgan fingerprint density at radius 1 is 1.18 bits per heavy atom. The molecule has 1 unspecified atom stereocenters. The van der Waals surface area contributed by atoms with Crippen molar-refractivity contribution in [2.45, 2.75) is 30.8 Å². The van der Waals surface area contributed by atoms with Gasteiger partial charge in [0.2, 0.25) is 0 Å². The molecule has 2 bridgehead atoms. The van der Waals surface area contributed by atoms with Crippen molar-refractivity contribution in [1.29, 1.82) is 15.8 Å². The summed E-state index contributed by atoms with van der Waals surface area (Å²) < 4.78 is 0. The number of hydrogen-bond acceptors (Lipinski definition) is 5. The van der Waals surface area contributed by atoms with Crippen LogP contribution in [0.25, 0.3) is 0 Å². The second-order valence-corrected chi connectivity index (χ2v) is 8.44. The first-order chi connectivity index (χ1) is 13.4. The van der Waals surface area contributed by atoms with Crippen LogP contribution in [0.5, 0.6) is 0 Å². The van der Waals surface area contributed by atoms with E-state index in [1.165, 1.54) is 0 Å². The summed E-state index contributed by atoms with van der Waals surface area (Å²) in [5.74, 6) is -0.828. The molecule has 1 aliphatic carbocycles. The van der Waals surface area contributed by atoms with Crippen LogP contribution in [-0.4, -0.2) is 24.0 Å². The zero-order valence-corrected chi connectivity index (χ0v) is 16.7. The third-order valence-corrected chi connectivity index (χ3v) is 7.08. The molecule has 2 aliphatic heterocycles. The Bertz CT molecular complexity index is 1040. The maximum Gasteiger partial charge on any atom is 0.191 e. The molecular weight excluding hydrogens is 393 g/mol. The maximum atomic E-state index is 10.1. The van der Waals surface area contributed by atoms with Gasteiger partial charge in [-0.1, -0.05) is 35.3 Å². The fourth-order valence-corrected chi connectivity index (χ4v) is 5.71. The number of hydrogen-bond donors (Lipinski definition) is 1. The summed E-state index contributed by atoms with van der Waals surface area (Å²) in [5, 5.41) is 31.0. The van der Waals surface area contributed by atoms with Crippen LogP contribution in [0.3, 0.4) is 0 Å². The van der Waals surface area contributed by atoms with Crippen molar-refractivity contribution >= 4 is 23.2 Å². The van der Waals surface area contributed by atoms with Crippen LogP contribution in [0.4, 0.5) is 0 Å². The van der Waals surface area contributed by atoms with Gasteiger partial charge in [-0.2, -0.15) is 15.8 Å². The van der Waals surface area contributed by atoms with E-state index in [0.29, 0.717) is 15.6 Å². The molecule has 0 spiro atoms. The summed E-state index contributed by atoms with van der Waals surface area (Å²) in [5.41, 5.74) is 6.43. The van der Waals surface area contributed by atoms with Gasteiger partial charge >= 0.3 is 0 Å². The van der Waals surface area contributed by atoms with Crippen LogP contribution in [-0.2, 0) is 0 Å². The van der Waals surface area contributed by atoms with E-state index in [1.54, 1.807) is 18.2 Å². The van der Waals surface area contributed by atoms with E-state index in [1.807, 2.05) is 7.05 Å². The SMILES string of the molecule is CN1C2C=C3C(C#N)=C(N)C(C#N)(C#N)[C@@H](c4ccc(Cl)cc4Cl)[C@H]3[C@@H]1CC2. The second kappa shape index (κ2) is 6.54. The van der Waals surface area contributed by atoms with Crippen molar-refractivity contribution in [1.82, 2.24) is 4.90 Å². The first-order valence-corrected chi connectivity index (χ1v) is 9.77. The van der Waals surface area contributed by atoms with Crippen molar-refractivity contribution in [3.05, 3.63) is 56.7 Å². The molecule has 3 aliphatic rings. The van der Waals surface area contributed by atoms with Crippen molar-refractivity contribution < 1.29 is 0 Å². The molecule has 0 amide bonds. The number of likely N-dealkylation sites (N-methyl/N-ethyl adjacent to an activating group) is 1. The minimum absolute atomic E-state index is 0.0162. The van der Waals surface area contributed by atoms with Crippen LogP contribution in [0, 0.1) is 45.3 Å². The fraction of sp³-hybridized carbons (Fsp3) is 0.381. The topological polar surface area (TPSA) is 101 Å². The van der Waals surface area contributed by atoms with Crippen LogP contribution in [0.2, 0.25) is 10.0 Å². The standard InChI is InChI=1S/C21H17Cl2N5/c1-28-12-3-5-17(28)18-14(7-12)15(8-24)20(27)21(9-25,10-26)19(18)13-4-2-11(22)6-16(13)23/h2,4,6-7,12,17-19H,3,5,27H2,1H3/t12?,17-,18+,19-/m0/s1. The first-order valence-electron chi connectivity index (χ1n) is 9.01. The number of nitriles is 3. The average Bonchev–Trinajstić information content (AvgIpc) is 2.91. The lowest BCUT2D eigenvalue weighted by atomic mass is 9.56. The zero-order valence-electron chi connectivity index (χ0n) is 15.2. The quantitative estimate of drug-likeness (QED) is 0.757. The number of nitrogens with two attached hydrogens (primary N) is 1. The number of nitrogens with zero attached hydrogens (tertiary/aromatic N) is 4. The van der Waals surface area contributed by atoms with Gasteiger partial charge in [-0.15, -0.1) is 0 Å². The fourth-order valence-electron chi connectivity index (χ4n) is 5.19. The summed E-state index contributed by atoms with van der Waals surface area (Å²) in [6.07, 6.45) is 3.96. The predicted molar refractivity (Wildman–Crippen MR) is 106 cm³/mol. The molecule has 1 fully saturated rings. The summed E-state index contributed by atoms with van der Waals surface area (Å²) in [6, 6.07) is 11.9. The Hall–Kier alpha value is -2.49. The van der Waals surface area contributed by atoms with E-state index in [4.69, 9.17) is 28.9 Å². The zero-order chi connectivity index (χ0) is 20.2. The van der Waals surface area contributed by atoms with Gasteiger partial charge in [-0.3, -0.25) is 4.90 Å². The van der Waals surface area contributed by atoms with Gasteiger partial charge < -0.3 is 5.73 Å². The molecule has 4 rings (SSSR count). The lowest BCUT2D eigenvalue weighted by Crippen LogP contribution is -2.51. The Morgan fingerprint density at radius 3 is 2.50 bits per heavy atom. The normalized spacial score (nSPS) is 30.6. The van der Waals surface area contributed by atoms with Gasteiger partial charge in [0, 0.05) is 34.0 Å². The second-order valence-electron chi connectivity index (χ2n) is 7.60. The van der Waals surface area contributed by atoms with Gasteiger partial charge in [0.05, 0.1) is 23.4 Å². The molecule has 0 radical (unpaired) electrons. The molecule has 5 nitrogen and oxygen atoms in total. The molecule has 2 heterocycles. The highest BCUT2D eigenvalue weighted by atomic mass is 35.5. The van der Waals surface area contributed by atoms with Crippen LogP contribution in [0.15, 0.2) is 41.1 Å². The lowest BCUT2D eigenvalue weighted by Gasteiger charge is -2.48. The molecule has 1 aromatic rings. The van der Waals surface area contributed by atoms with Gasteiger partial charge in [-0.25, -0.2) is 0 Å². The number of rotatable bonds is 1. The monoisotopic (exact) mass is 409 g/mol. The van der Waals surface area contributed by atoms with Gasteiger partial charge in [0.15, 0.2) is 5.41 Å². The summed E-state index contributed by atoms with van der Waals surface area (Å²) in [7, 11) is 2.05. The van der Waals surface area contributed by atoms with Gasteiger partial charge in [0.25, 0.3) is 0 Å². The number of allylic oxidation sites excluding steroid dienone is 2. The molecule has 140 valence electrons. The number of fused-ring (bicyclic) bond motifs is 4. The predicted octanol–water partition coefficient (Wildman–Crippen LogP) is 3.88. The highest BCUT2D eigenvalue weighted by molar-refractivity contribution is 6.35. The summed E-state index contributed by atoms with van der Waals surface area (Å²) >= 11 is 12.6. The third kappa shape index (κ3) is 2.33. The molecule has 0 aromatic heterocycles. The number of halogens is 2. The molecule has 2 N–H and O–H groups in total. The number of benzene rings is 1. The maximum absolute atomic E-state index is 10.1. The lowest BCUT2D eigenvalue weighted by molar-refractivity contribution is 0.160. The van der Waals surface area contributed by atoms with Crippen LogP contribution in [0.1, 0.15) is 24.3 Å². The molecular formula is C21H17Cl2N5. The van der Waals surface area contributed by atoms with E-state index >= 15 is 0 Å². The molecule has 4 atom stereocenters. The van der Waals surface area contributed by atoms with Gasteiger partial charge in [0.1, 0.15) is 6.07 Å². The smallest absolute Gasteiger partial charge is 0.191 e. The van der Waals surface area contributed by atoms with Crippen molar-refractivity contribution in [3.8, 4) is 18.2 Å². The van der Waals surface area contributed by atoms with Gasteiger partial charge in [-0.05, 0) is 43.2 Å². The Balaban J connectivity index is 2.07. The molecule has 7 heteroatoms. The largest absolute Gasteiger partial charge is 0.399 e. The molecule has 1 aromatic carbocycles. The third-order valence-electron chi connectivity index (χ3n) is 6.52. The summed E-state index contributed by atoms with van der Waals surface area (Å²) in [4.78, 5) is 2.26. The minimum atomic E-state index is -1.68. The van der Waals surface area contributed by atoms with E-state index in [2.05, 4.69) is 29.2 Å². The van der Waals surface area contributed by atoms with Crippen molar-refractivity contribution in [3.63, 3.8) is 0 Å². The Labute approximate surface area is 173 Å². The highest BCUT2D eigenvalue weighted by Crippen LogP contribution is 2.59. The van der Waals surface area contributed by atoms with E-state index < -0.39 is 11.3 Å². The Kier molecular flexibility index (Phi) is 4.40. The minimum Gasteiger partial charge on any atom is -0.399 e. The Morgan fingerprint density at radius 2 is 1.89 bits per heavy atom. The molecule has 28 heavy (non-hydrogen) atoms. The van der Waals surface area contributed by atoms with Crippen molar-refractivity contribution in [2.75, 3.05) is 7.05 Å². The van der Waals surface area contributed by atoms with E-state index in [9.17, 15) is 15.8 Å². The summed E-state index contributed by atoms with van der Waals surface area (Å²) in [6.45, 7) is 0. The first kappa shape index (κ1) is 18.9. The molecule has 1 saturated heterocycles. The van der Waals surface area contributed by atoms with Crippen LogP contribution >= 0.6 is 23.2 Å².